The number of benzene rings is 1. The van der Waals surface area contributed by atoms with Crippen LogP contribution in [0.15, 0.2) is 44.8 Å². The number of carbonyl (C=O) groups excluding carboxylic acids is 1. The minimum Gasteiger partial charge on any atom is -0.357 e. The van der Waals surface area contributed by atoms with Crippen molar-refractivity contribution in [2.24, 2.45) is 7.05 Å². The Labute approximate surface area is 248 Å². The van der Waals surface area contributed by atoms with Crippen LogP contribution in [0.1, 0.15) is 55.0 Å². The Kier molecular flexibility index (Phi) is 8.07. The maximum absolute atomic E-state index is 13.9. The summed E-state index contributed by atoms with van der Waals surface area (Å²) in [6, 6.07) is 11.3. The van der Waals surface area contributed by atoms with Crippen LogP contribution in [-0.2, 0) is 18.4 Å². The Hall–Kier alpha value is -3.88. The summed E-state index contributed by atoms with van der Waals surface area (Å²) in [4.78, 5) is 44.9. The van der Waals surface area contributed by atoms with Gasteiger partial charge in [-0.3, -0.25) is 28.5 Å². The monoisotopic (exact) mass is 588 g/mol. The van der Waals surface area contributed by atoms with Gasteiger partial charge in [-0.25, -0.2) is 4.68 Å². The van der Waals surface area contributed by atoms with Crippen LogP contribution in [0.3, 0.4) is 0 Å². The minimum absolute atomic E-state index is 0.0791. The average Bonchev–Trinajstić information content (AvgIpc) is 3.64. The molecule has 0 unspecified atom stereocenters. The van der Waals surface area contributed by atoms with Crippen LogP contribution in [0.5, 0.6) is 0 Å². The normalized spacial score (nSPS) is 16.3. The number of aromatic nitrogens is 3. The Morgan fingerprint density at radius 3 is 2.39 bits per heavy atom. The van der Waals surface area contributed by atoms with Gasteiger partial charge in [-0.05, 0) is 56.9 Å². The van der Waals surface area contributed by atoms with E-state index in [0.717, 1.165) is 56.4 Å². The van der Waals surface area contributed by atoms with Gasteiger partial charge in [0.2, 0.25) is 0 Å². The second-order valence-corrected chi connectivity index (χ2v) is 12.0. The predicted octanol–water partition coefficient (Wildman–Crippen LogP) is 4.63. The van der Waals surface area contributed by atoms with E-state index in [0.29, 0.717) is 34.0 Å². The number of carbonyl (C=O) groups is 1. The van der Waals surface area contributed by atoms with Crippen molar-refractivity contribution in [3.05, 3.63) is 78.3 Å². The largest absolute Gasteiger partial charge is 0.357 e. The van der Waals surface area contributed by atoms with Gasteiger partial charge in [-0.2, -0.15) is 5.26 Å². The predicted molar refractivity (Wildman–Crippen MR) is 168 cm³/mol. The van der Waals surface area contributed by atoms with E-state index in [1.54, 1.807) is 36.2 Å². The number of amides is 1. The van der Waals surface area contributed by atoms with Gasteiger partial charge in [-0.1, -0.05) is 55.5 Å². The summed E-state index contributed by atoms with van der Waals surface area (Å²) in [5.41, 5.74) is 2.14. The summed E-state index contributed by atoms with van der Waals surface area (Å²) in [6.45, 7) is 7.68. The first kappa shape index (κ1) is 28.6. The van der Waals surface area contributed by atoms with Crippen molar-refractivity contribution in [1.29, 1.82) is 5.26 Å². The highest BCUT2D eigenvalue weighted by Gasteiger charge is 2.38. The van der Waals surface area contributed by atoms with Crippen LogP contribution in [0.4, 0.5) is 11.5 Å². The highest BCUT2D eigenvalue weighted by Crippen LogP contribution is 2.39. The van der Waals surface area contributed by atoms with Crippen LogP contribution in [0, 0.1) is 25.2 Å². The summed E-state index contributed by atoms with van der Waals surface area (Å²) in [6.07, 6.45) is 5.44. The molecule has 0 N–H and O–H groups in total. The lowest BCUT2D eigenvalue weighted by molar-refractivity contribution is -0.113. The molecule has 1 amide bonds. The smallest absolute Gasteiger partial charge is 0.296 e. The molecule has 4 heterocycles. The van der Waals surface area contributed by atoms with Crippen LogP contribution in [-0.4, -0.2) is 37.2 Å². The lowest BCUT2D eigenvalue weighted by Crippen LogP contribution is -2.34. The summed E-state index contributed by atoms with van der Waals surface area (Å²) in [5, 5.41) is 9.92. The fraction of sp³-hybridized carbons (Fsp3) is 0.367. The number of rotatable bonds is 7. The van der Waals surface area contributed by atoms with Crippen LogP contribution >= 0.6 is 24.0 Å². The standard InChI is InChI=1S/C30H32N6O3S2/c1-5-6-16-34-26(33-14-10-11-15-33)22(19(2)23(18-31)27(34)37)17-24-28(38)35(30(40)41-24)25-20(3)32(4)36(29(25)39)21-12-8-7-9-13-21/h7-9,12-13,17H,5-6,10-11,14-16H2,1-4H3. The number of para-hydroxylation sites is 1. The molecule has 212 valence electrons. The Morgan fingerprint density at radius 1 is 1.07 bits per heavy atom. The number of anilines is 2. The summed E-state index contributed by atoms with van der Waals surface area (Å²) in [7, 11) is 1.77. The first-order valence-corrected chi connectivity index (χ1v) is 15.0. The van der Waals surface area contributed by atoms with Gasteiger partial charge in [0.15, 0.2) is 4.32 Å². The molecule has 5 rings (SSSR count). The molecule has 0 saturated carbocycles. The number of hydrogen-bond donors (Lipinski definition) is 0. The van der Waals surface area contributed by atoms with Crippen molar-refractivity contribution in [3.8, 4) is 11.8 Å². The number of thioether (sulfide) groups is 1. The van der Waals surface area contributed by atoms with E-state index in [-0.39, 0.29) is 26.7 Å². The van der Waals surface area contributed by atoms with Crippen molar-refractivity contribution in [2.45, 2.75) is 53.0 Å². The van der Waals surface area contributed by atoms with Crippen LogP contribution in [0.25, 0.3) is 11.8 Å². The molecule has 2 aromatic heterocycles. The van der Waals surface area contributed by atoms with E-state index in [1.807, 2.05) is 30.3 Å². The van der Waals surface area contributed by atoms with Crippen molar-refractivity contribution in [3.63, 3.8) is 0 Å². The van der Waals surface area contributed by atoms with Crippen molar-refractivity contribution < 1.29 is 4.79 Å². The molecule has 1 aromatic carbocycles. The first-order chi connectivity index (χ1) is 19.7. The Morgan fingerprint density at radius 2 is 1.76 bits per heavy atom. The molecular weight excluding hydrogens is 557 g/mol. The molecule has 0 spiro atoms. The van der Waals surface area contributed by atoms with Gasteiger partial charge >= 0.3 is 0 Å². The fourth-order valence-electron chi connectivity index (χ4n) is 5.54. The molecule has 2 saturated heterocycles. The number of nitriles is 1. The van der Waals surface area contributed by atoms with Crippen molar-refractivity contribution in [1.82, 2.24) is 13.9 Å². The third kappa shape index (κ3) is 4.85. The van der Waals surface area contributed by atoms with Gasteiger partial charge in [0, 0.05) is 32.2 Å². The minimum atomic E-state index is -0.400. The van der Waals surface area contributed by atoms with Gasteiger partial charge < -0.3 is 4.90 Å². The lowest BCUT2D eigenvalue weighted by Gasteiger charge is -2.27. The summed E-state index contributed by atoms with van der Waals surface area (Å²) >= 11 is 6.78. The van der Waals surface area contributed by atoms with Gasteiger partial charge in [-0.15, -0.1) is 0 Å². The summed E-state index contributed by atoms with van der Waals surface area (Å²) < 4.78 is 5.19. The second-order valence-electron chi connectivity index (χ2n) is 10.3. The molecule has 0 atom stereocenters. The maximum Gasteiger partial charge on any atom is 0.296 e. The van der Waals surface area contributed by atoms with E-state index in [9.17, 15) is 19.6 Å². The topological polar surface area (TPSA) is 96.3 Å². The fourth-order valence-corrected chi connectivity index (χ4v) is 6.79. The number of nitrogens with zero attached hydrogens (tertiary/aromatic N) is 6. The Bertz CT molecular complexity index is 1740. The Balaban J connectivity index is 1.66. The quantitative estimate of drug-likeness (QED) is 0.293. The molecule has 41 heavy (non-hydrogen) atoms. The highest BCUT2D eigenvalue weighted by molar-refractivity contribution is 8.27. The molecule has 3 aromatic rings. The number of thiocarbonyl (C=S) groups is 1. The van der Waals surface area contributed by atoms with E-state index in [1.165, 1.54) is 9.58 Å². The average molecular weight is 589 g/mol. The molecule has 9 nitrogen and oxygen atoms in total. The molecule has 0 bridgehead atoms. The van der Waals surface area contributed by atoms with Crippen LogP contribution in [0.2, 0.25) is 0 Å². The summed E-state index contributed by atoms with van der Waals surface area (Å²) in [5.74, 6) is 0.340. The second kappa shape index (κ2) is 11.5. The van der Waals surface area contributed by atoms with Gasteiger partial charge in [0.25, 0.3) is 17.0 Å². The van der Waals surface area contributed by atoms with Gasteiger partial charge in [0.1, 0.15) is 23.1 Å². The zero-order valence-corrected chi connectivity index (χ0v) is 25.3. The lowest BCUT2D eigenvalue weighted by atomic mass is 10.0. The first-order valence-electron chi connectivity index (χ1n) is 13.8. The third-order valence-electron chi connectivity index (χ3n) is 7.80. The maximum atomic E-state index is 13.9. The van der Waals surface area contributed by atoms with Crippen LogP contribution < -0.4 is 20.9 Å². The SMILES string of the molecule is CCCCn1c(N2CCCC2)c(C=C2SC(=S)N(c3c(C)n(C)n(-c4ccccc4)c3=O)C2=O)c(C)c(C#N)c1=O. The van der Waals surface area contributed by atoms with E-state index >= 15 is 0 Å². The van der Waals surface area contributed by atoms with Crippen molar-refractivity contribution >= 4 is 51.8 Å². The zero-order valence-electron chi connectivity index (χ0n) is 23.6. The molecule has 2 fully saturated rings. The van der Waals surface area contributed by atoms with E-state index in [4.69, 9.17) is 12.2 Å². The highest BCUT2D eigenvalue weighted by atomic mass is 32.2. The molecule has 2 aliphatic rings. The van der Waals surface area contributed by atoms with E-state index in [2.05, 4.69) is 17.9 Å². The molecule has 2 aliphatic heterocycles. The van der Waals surface area contributed by atoms with E-state index < -0.39 is 5.91 Å². The number of pyridine rings is 1. The molecule has 11 heteroatoms. The van der Waals surface area contributed by atoms with Crippen molar-refractivity contribution in [2.75, 3.05) is 22.9 Å². The van der Waals surface area contributed by atoms with Gasteiger partial charge in [0.05, 0.1) is 16.3 Å². The number of hydrogen-bond acceptors (Lipinski definition) is 7. The zero-order chi connectivity index (χ0) is 29.4. The molecule has 0 aliphatic carbocycles. The molecule has 0 radical (unpaired) electrons. The number of unbranched alkanes of at least 4 members (excludes halogenated alkanes) is 1. The molecular formula is C30H32N6O3S2. The third-order valence-corrected chi connectivity index (χ3v) is 9.11.